The largest absolute Gasteiger partial charge is 0.465 e. The van der Waals surface area contributed by atoms with Gasteiger partial charge in [0.05, 0.1) is 30.2 Å². The molecule has 2 heterocycles. The minimum absolute atomic E-state index is 0.346. The van der Waals surface area contributed by atoms with Gasteiger partial charge in [0.2, 0.25) is 0 Å². The van der Waals surface area contributed by atoms with E-state index >= 15 is 0 Å². The maximum Gasteiger partial charge on any atom is 0.339 e. The number of ether oxygens (including phenoxy) is 1. The maximum absolute atomic E-state index is 12.0. The van der Waals surface area contributed by atoms with E-state index in [9.17, 15) is 4.79 Å². The maximum atomic E-state index is 12.0. The lowest BCUT2D eigenvalue weighted by atomic mass is 10.1. The lowest BCUT2D eigenvalue weighted by Gasteiger charge is -2.22. The molecule has 0 aliphatic heterocycles. The second kappa shape index (κ2) is 7.47. The fourth-order valence-electron chi connectivity index (χ4n) is 2.49. The molecule has 0 spiro atoms. The number of para-hydroxylation sites is 1. The molecule has 3 rings (SSSR count). The number of hydrogen-bond acceptors (Lipinski definition) is 8. The zero-order valence-corrected chi connectivity index (χ0v) is 14.4. The average molecular weight is 350 g/mol. The molecule has 0 amide bonds. The smallest absolute Gasteiger partial charge is 0.339 e. The predicted octanol–water partition coefficient (Wildman–Crippen LogP) is 2.75. The molecule has 2 aromatic heterocycles. The van der Waals surface area contributed by atoms with E-state index in [1.807, 2.05) is 12.1 Å². The molecule has 0 radical (unpaired) electrons. The van der Waals surface area contributed by atoms with Crippen LogP contribution in [0.15, 0.2) is 55.1 Å². The molecule has 1 aromatic carbocycles. The number of pyridine rings is 1. The molecule has 3 N–H and O–H groups in total. The van der Waals surface area contributed by atoms with E-state index in [0.29, 0.717) is 28.6 Å². The second-order valence-corrected chi connectivity index (χ2v) is 5.39. The van der Waals surface area contributed by atoms with Gasteiger partial charge in [-0.1, -0.05) is 12.1 Å². The van der Waals surface area contributed by atoms with Crippen molar-refractivity contribution >= 4 is 34.7 Å². The molecule has 3 aromatic rings. The number of nitrogens with two attached hydrogens (primary N) is 1. The van der Waals surface area contributed by atoms with Crippen molar-refractivity contribution in [2.24, 2.45) is 0 Å². The minimum atomic E-state index is -0.436. The van der Waals surface area contributed by atoms with Crippen LogP contribution in [0.2, 0.25) is 0 Å². The van der Waals surface area contributed by atoms with E-state index in [4.69, 9.17) is 10.5 Å². The third kappa shape index (κ3) is 3.39. The summed E-state index contributed by atoms with van der Waals surface area (Å²) in [7, 11) is 3.11. The number of anilines is 5. The summed E-state index contributed by atoms with van der Waals surface area (Å²) in [5.41, 5.74) is 8.40. The Hall–Kier alpha value is -3.68. The third-order valence-electron chi connectivity index (χ3n) is 3.78. The van der Waals surface area contributed by atoms with E-state index in [2.05, 4.69) is 20.3 Å². The van der Waals surface area contributed by atoms with Crippen molar-refractivity contribution in [2.45, 2.75) is 0 Å². The number of hydrogen-bond donors (Lipinski definition) is 2. The van der Waals surface area contributed by atoms with E-state index in [1.54, 1.807) is 48.6 Å². The Kier molecular flexibility index (Phi) is 4.93. The average Bonchev–Trinajstić information content (AvgIpc) is 2.69. The van der Waals surface area contributed by atoms with Gasteiger partial charge >= 0.3 is 5.97 Å². The van der Waals surface area contributed by atoms with Gasteiger partial charge in [-0.2, -0.15) is 0 Å². The van der Waals surface area contributed by atoms with Crippen LogP contribution in [-0.4, -0.2) is 35.1 Å². The third-order valence-corrected chi connectivity index (χ3v) is 3.78. The number of carbonyl (C=O) groups excluding carboxylic acids is 1. The number of nitrogens with one attached hydrogen (secondary N) is 1. The van der Waals surface area contributed by atoms with Gasteiger partial charge in [0.15, 0.2) is 11.6 Å². The number of esters is 1. The molecule has 8 heteroatoms. The van der Waals surface area contributed by atoms with Gasteiger partial charge in [-0.15, -0.1) is 0 Å². The highest BCUT2D eigenvalue weighted by Gasteiger charge is 2.19. The molecular formula is C18H18N6O2. The van der Waals surface area contributed by atoms with Gasteiger partial charge in [0, 0.05) is 13.2 Å². The molecule has 0 unspecified atom stereocenters. The summed E-state index contributed by atoms with van der Waals surface area (Å²) in [4.78, 5) is 26.3. The Bertz CT molecular complexity index is 917. The van der Waals surface area contributed by atoms with Gasteiger partial charge in [-0.05, 0) is 24.3 Å². The highest BCUT2D eigenvalue weighted by atomic mass is 16.5. The first-order valence-electron chi connectivity index (χ1n) is 7.80. The van der Waals surface area contributed by atoms with Crippen LogP contribution in [0.25, 0.3) is 0 Å². The number of carbonyl (C=O) groups is 1. The number of rotatable bonds is 5. The highest BCUT2D eigenvalue weighted by molar-refractivity contribution is 5.97. The Morgan fingerprint density at radius 1 is 1.19 bits per heavy atom. The summed E-state index contributed by atoms with van der Waals surface area (Å²) in [6.07, 6.45) is 4.75. The Balaban J connectivity index is 1.98. The number of benzene rings is 1. The fraction of sp³-hybridized carbons (Fsp3) is 0.111. The fourth-order valence-corrected chi connectivity index (χ4v) is 2.49. The minimum Gasteiger partial charge on any atom is -0.465 e. The summed E-state index contributed by atoms with van der Waals surface area (Å²) in [5, 5.41) is 3.11. The van der Waals surface area contributed by atoms with Crippen molar-refractivity contribution in [3.05, 3.63) is 60.7 Å². The Labute approximate surface area is 150 Å². The number of nitrogen functional groups attached to an aromatic ring is 1. The van der Waals surface area contributed by atoms with Gasteiger partial charge in [0.25, 0.3) is 0 Å². The summed E-state index contributed by atoms with van der Waals surface area (Å²) in [6, 6.07) is 10.7. The molecular weight excluding hydrogens is 332 g/mol. The lowest BCUT2D eigenvalue weighted by Crippen LogP contribution is -2.18. The van der Waals surface area contributed by atoms with Crippen LogP contribution in [0.5, 0.6) is 0 Å². The molecule has 0 saturated carbocycles. The topological polar surface area (TPSA) is 106 Å². The Morgan fingerprint density at radius 3 is 2.73 bits per heavy atom. The Morgan fingerprint density at radius 2 is 2.00 bits per heavy atom. The van der Waals surface area contributed by atoms with Gasteiger partial charge in [0.1, 0.15) is 12.0 Å². The van der Waals surface area contributed by atoms with Gasteiger partial charge < -0.3 is 20.7 Å². The van der Waals surface area contributed by atoms with Crippen LogP contribution in [0.1, 0.15) is 10.4 Å². The quantitative estimate of drug-likeness (QED) is 0.677. The molecule has 0 saturated heterocycles. The van der Waals surface area contributed by atoms with Gasteiger partial charge in [-0.3, -0.25) is 4.98 Å². The number of methoxy groups -OCH3 is 1. The summed E-state index contributed by atoms with van der Waals surface area (Å²) in [5.74, 6) is 0.474. The van der Waals surface area contributed by atoms with E-state index in [-0.39, 0.29) is 0 Å². The van der Waals surface area contributed by atoms with Crippen molar-refractivity contribution in [3.63, 3.8) is 0 Å². The first-order chi connectivity index (χ1) is 12.6. The molecule has 132 valence electrons. The molecule has 0 atom stereocenters. The van der Waals surface area contributed by atoms with Crippen LogP contribution in [0.3, 0.4) is 0 Å². The van der Waals surface area contributed by atoms with E-state index in [0.717, 1.165) is 5.69 Å². The zero-order chi connectivity index (χ0) is 18.5. The van der Waals surface area contributed by atoms with Gasteiger partial charge in [-0.25, -0.2) is 14.8 Å². The monoisotopic (exact) mass is 350 g/mol. The summed E-state index contributed by atoms with van der Waals surface area (Å²) in [6.45, 7) is 0. The van der Waals surface area contributed by atoms with E-state index < -0.39 is 5.97 Å². The molecule has 26 heavy (non-hydrogen) atoms. The first kappa shape index (κ1) is 17.2. The van der Waals surface area contributed by atoms with Crippen molar-refractivity contribution in [1.82, 2.24) is 15.0 Å². The lowest BCUT2D eigenvalue weighted by molar-refractivity contribution is 0.0601. The van der Waals surface area contributed by atoms with E-state index in [1.165, 1.54) is 13.4 Å². The van der Waals surface area contributed by atoms with Crippen LogP contribution < -0.4 is 16.0 Å². The first-order valence-corrected chi connectivity index (χ1v) is 7.80. The molecule has 0 bridgehead atoms. The normalized spacial score (nSPS) is 10.2. The van der Waals surface area contributed by atoms with Crippen molar-refractivity contribution in [3.8, 4) is 0 Å². The molecule has 8 nitrogen and oxygen atoms in total. The van der Waals surface area contributed by atoms with Crippen molar-refractivity contribution < 1.29 is 9.53 Å². The predicted molar refractivity (Wildman–Crippen MR) is 99.8 cm³/mol. The van der Waals surface area contributed by atoms with Crippen molar-refractivity contribution in [1.29, 1.82) is 0 Å². The summed E-state index contributed by atoms with van der Waals surface area (Å²) < 4.78 is 4.85. The number of aromatic nitrogens is 3. The number of nitrogens with zero attached hydrogens (tertiary/aromatic N) is 4. The standard InChI is InChI=1S/C18H18N6O2/c1-24(14-8-4-3-7-13(14)18(25)26-2)17-15(19)16(21-11-22-17)23-12-6-5-9-20-10-12/h3-11H,19H2,1-2H3,(H,21,22,23). The SMILES string of the molecule is COC(=O)c1ccccc1N(C)c1ncnc(Nc2cccnc2)c1N. The highest BCUT2D eigenvalue weighted by Crippen LogP contribution is 2.33. The molecule has 0 aliphatic carbocycles. The van der Waals surface area contributed by atoms with Crippen LogP contribution in [0.4, 0.5) is 28.7 Å². The zero-order valence-electron chi connectivity index (χ0n) is 14.4. The summed E-state index contributed by atoms with van der Waals surface area (Å²) >= 11 is 0. The van der Waals surface area contributed by atoms with Crippen molar-refractivity contribution in [2.75, 3.05) is 30.1 Å². The van der Waals surface area contributed by atoms with Crippen LogP contribution in [-0.2, 0) is 4.74 Å². The van der Waals surface area contributed by atoms with Crippen LogP contribution >= 0.6 is 0 Å². The molecule has 0 aliphatic rings. The van der Waals surface area contributed by atoms with Crippen LogP contribution in [0, 0.1) is 0 Å². The molecule has 0 fully saturated rings. The second-order valence-electron chi connectivity index (χ2n) is 5.39.